The Balaban J connectivity index is 2.07. The molecule has 1 aromatic carbocycles. The zero-order valence-electron chi connectivity index (χ0n) is 11.3. The third-order valence-corrected chi connectivity index (χ3v) is 3.94. The summed E-state index contributed by atoms with van der Waals surface area (Å²) in [5.41, 5.74) is 5.87. The molecule has 1 aliphatic heterocycles. The molecular weight excluding hydrogens is 283 g/mol. The second-order valence-corrected chi connectivity index (χ2v) is 5.54. The molecule has 0 radical (unpaired) electrons. The van der Waals surface area contributed by atoms with Crippen LogP contribution in [0.1, 0.15) is 31.4 Å². The normalized spacial score (nSPS) is 19.4. The Labute approximate surface area is 122 Å². The molecule has 0 saturated carbocycles. The lowest BCUT2D eigenvalue weighted by molar-refractivity contribution is -0.130. The first kappa shape index (κ1) is 15.2. The first-order valence-corrected chi connectivity index (χ1v) is 6.93. The molecule has 3 N–H and O–H groups in total. The van der Waals surface area contributed by atoms with Crippen LogP contribution in [0.5, 0.6) is 0 Å². The maximum Gasteiger partial charge on any atom is 0.240 e. The zero-order chi connectivity index (χ0) is 14.8. The van der Waals surface area contributed by atoms with Crippen molar-refractivity contribution in [3.63, 3.8) is 0 Å². The fourth-order valence-electron chi connectivity index (χ4n) is 2.23. The molecular formula is C14H18ClFN2O2. The summed E-state index contributed by atoms with van der Waals surface area (Å²) in [6.07, 6.45) is 0.978. The van der Waals surface area contributed by atoms with Crippen LogP contribution >= 0.6 is 11.6 Å². The molecule has 2 rings (SSSR count). The Hall–Kier alpha value is -1.17. The lowest BCUT2D eigenvalue weighted by Crippen LogP contribution is -2.57. The summed E-state index contributed by atoms with van der Waals surface area (Å²) in [6, 6.07) is 3.78. The minimum atomic E-state index is -0.904. The molecule has 0 aliphatic carbocycles. The molecule has 6 heteroatoms. The number of rotatable bonds is 3. The van der Waals surface area contributed by atoms with E-state index in [2.05, 4.69) is 5.32 Å². The van der Waals surface area contributed by atoms with Gasteiger partial charge in [0.15, 0.2) is 0 Å². The van der Waals surface area contributed by atoms with Gasteiger partial charge in [0.1, 0.15) is 5.82 Å². The molecule has 1 unspecified atom stereocenters. The summed E-state index contributed by atoms with van der Waals surface area (Å²) < 4.78 is 18.2. The van der Waals surface area contributed by atoms with Gasteiger partial charge in [-0.3, -0.25) is 4.79 Å². The summed E-state index contributed by atoms with van der Waals surface area (Å²) in [5, 5.41) is 3.13. The van der Waals surface area contributed by atoms with Crippen LogP contribution in [0.2, 0.25) is 5.02 Å². The number of hydrogen-bond acceptors (Lipinski definition) is 3. The second kappa shape index (κ2) is 6.08. The van der Waals surface area contributed by atoms with Crippen molar-refractivity contribution in [1.82, 2.24) is 5.32 Å². The summed E-state index contributed by atoms with van der Waals surface area (Å²) in [7, 11) is 0. The lowest BCUT2D eigenvalue weighted by Gasteiger charge is -2.33. The van der Waals surface area contributed by atoms with Crippen LogP contribution in [-0.2, 0) is 9.53 Å². The fourth-order valence-corrected chi connectivity index (χ4v) is 2.56. The van der Waals surface area contributed by atoms with Crippen molar-refractivity contribution in [3.05, 3.63) is 34.6 Å². The number of ether oxygens (including phenoxy) is 1. The van der Waals surface area contributed by atoms with Crippen molar-refractivity contribution >= 4 is 17.5 Å². The molecule has 1 atom stereocenters. The van der Waals surface area contributed by atoms with E-state index in [9.17, 15) is 9.18 Å². The van der Waals surface area contributed by atoms with E-state index in [1.807, 2.05) is 0 Å². The Kier molecular flexibility index (Phi) is 4.62. The smallest absolute Gasteiger partial charge is 0.240 e. The Morgan fingerprint density at radius 2 is 2.15 bits per heavy atom. The molecule has 1 fully saturated rings. The molecule has 110 valence electrons. The van der Waals surface area contributed by atoms with Gasteiger partial charge < -0.3 is 15.8 Å². The van der Waals surface area contributed by atoms with Crippen molar-refractivity contribution in [3.8, 4) is 0 Å². The van der Waals surface area contributed by atoms with Gasteiger partial charge in [0.05, 0.1) is 11.6 Å². The highest BCUT2D eigenvalue weighted by atomic mass is 35.5. The number of hydrogen-bond donors (Lipinski definition) is 2. The predicted octanol–water partition coefficient (Wildman–Crippen LogP) is 2.16. The van der Waals surface area contributed by atoms with Crippen molar-refractivity contribution in [1.29, 1.82) is 0 Å². The summed E-state index contributed by atoms with van der Waals surface area (Å²) in [5.74, 6) is -0.634. The van der Waals surface area contributed by atoms with E-state index in [0.717, 1.165) is 0 Å². The van der Waals surface area contributed by atoms with E-state index in [4.69, 9.17) is 22.1 Å². The van der Waals surface area contributed by atoms with Gasteiger partial charge in [-0.2, -0.15) is 0 Å². The molecule has 0 bridgehead atoms. The summed E-state index contributed by atoms with van der Waals surface area (Å²) in [6.45, 7) is 2.75. The van der Waals surface area contributed by atoms with Crippen LogP contribution in [0.4, 0.5) is 4.39 Å². The minimum Gasteiger partial charge on any atom is -0.381 e. The highest BCUT2D eigenvalue weighted by Gasteiger charge is 2.36. The number of carbonyl (C=O) groups excluding carboxylic acids is 1. The van der Waals surface area contributed by atoms with E-state index in [0.29, 0.717) is 31.6 Å². The molecule has 1 aliphatic rings. The molecule has 0 spiro atoms. The number of halogens is 2. The van der Waals surface area contributed by atoms with E-state index in [1.165, 1.54) is 12.1 Å². The van der Waals surface area contributed by atoms with Gasteiger partial charge in [0.25, 0.3) is 0 Å². The Morgan fingerprint density at radius 1 is 1.50 bits per heavy atom. The molecule has 1 aromatic rings. The van der Waals surface area contributed by atoms with Gasteiger partial charge in [0, 0.05) is 18.2 Å². The number of carbonyl (C=O) groups is 1. The second-order valence-electron chi connectivity index (χ2n) is 5.13. The van der Waals surface area contributed by atoms with Crippen LogP contribution < -0.4 is 11.1 Å². The van der Waals surface area contributed by atoms with Crippen LogP contribution in [0.3, 0.4) is 0 Å². The number of amides is 1. The predicted molar refractivity (Wildman–Crippen MR) is 74.9 cm³/mol. The van der Waals surface area contributed by atoms with Crippen LogP contribution in [0, 0.1) is 5.82 Å². The highest BCUT2D eigenvalue weighted by molar-refractivity contribution is 6.31. The topological polar surface area (TPSA) is 64.4 Å². The summed E-state index contributed by atoms with van der Waals surface area (Å²) >= 11 is 5.99. The van der Waals surface area contributed by atoms with Crippen LogP contribution in [-0.4, -0.2) is 24.7 Å². The SMILES string of the molecule is CC(NC(=O)C1(N)CCOCC1)c1ccc(F)cc1Cl. The maximum atomic E-state index is 13.0. The monoisotopic (exact) mass is 300 g/mol. The van der Waals surface area contributed by atoms with Crippen LogP contribution in [0.25, 0.3) is 0 Å². The van der Waals surface area contributed by atoms with E-state index in [1.54, 1.807) is 13.0 Å². The largest absolute Gasteiger partial charge is 0.381 e. The van der Waals surface area contributed by atoms with E-state index >= 15 is 0 Å². The van der Waals surface area contributed by atoms with Gasteiger partial charge >= 0.3 is 0 Å². The zero-order valence-corrected chi connectivity index (χ0v) is 12.0. The average molecular weight is 301 g/mol. The van der Waals surface area contributed by atoms with Gasteiger partial charge in [-0.15, -0.1) is 0 Å². The number of nitrogens with two attached hydrogens (primary N) is 1. The third-order valence-electron chi connectivity index (χ3n) is 3.61. The number of benzene rings is 1. The maximum absolute atomic E-state index is 13.0. The molecule has 20 heavy (non-hydrogen) atoms. The van der Waals surface area contributed by atoms with Gasteiger partial charge in [-0.25, -0.2) is 4.39 Å². The Morgan fingerprint density at radius 3 is 2.75 bits per heavy atom. The minimum absolute atomic E-state index is 0.228. The Bertz CT molecular complexity index is 504. The highest BCUT2D eigenvalue weighted by Crippen LogP contribution is 2.25. The van der Waals surface area contributed by atoms with Crippen molar-refractivity contribution in [2.75, 3.05) is 13.2 Å². The first-order valence-electron chi connectivity index (χ1n) is 6.55. The van der Waals surface area contributed by atoms with Crippen molar-refractivity contribution in [2.45, 2.75) is 31.3 Å². The van der Waals surface area contributed by atoms with E-state index in [-0.39, 0.29) is 17.0 Å². The first-order chi connectivity index (χ1) is 9.42. The van der Waals surface area contributed by atoms with E-state index < -0.39 is 11.4 Å². The molecule has 1 heterocycles. The van der Waals surface area contributed by atoms with Gasteiger partial charge in [0.2, 0.25) is 5.91 Å². The van der Waals surface area contributed by atoms with Crippen molar-refractivity contribution < 1.29 is 13.9 Å². The molecule has 1 saturated heterocycles. The summed E-state index contributed by atoms with van der Waals surface area (Å²) in [4.78, 5) is 12.3. The van der Waals surface area contributed by atoms with Gasteiger partial charge in [-0.1, -0.05) is 17.7 Å². The fraction of sp³-hybridized carbons (Fsp3) is 0.500. The molecule has 0 aromatic heterocycles. The van der Waals surface area contributed by atoms with Gasteiger partial charge in [-0.05, 0) is 37.5 Å². The quantitative estimate of drug-likeness (QED) is 0.899. The van der Waals surface area contributed by atoms with Crippen LogP contribution in [0.15, 0.2) is 18.2 Å². The molecule has 4 nitrogen and oxygen atoms in total. The third kappa shape index (κ3) is 3.29. The lowest BCUT2D eigenvalue weighted by atomic mass is 9.90. The number of nitrogens with one attached hydrogen (secondary N) is 1. The standard InChI is InChI=1S/C14H18ClFN2O2/c1-9(11-3-2-10(16)8-12(11)15)18-13(19)14(17)4-6-20-7-5-14/h2-3,8-9H,4-7,17H2,1H3,(H,18,19). The van der Waals surface area contributed by atoms with Crippen molar-refractivity contribution in [2.24, 2.45) is 5.73 Å². The molecule has 1 amide bonds. The average Bonchev–Trinajstić information content (AvgIpc) is 2.39.